The van der Waals surface area contributed by atoms with E-state index in [-0.39, 0.29) is 16.4 Å². The number of piperazine rings is 1. The van der Waals surface area contributed by atoms with E-state index >= 15 is 0 Å². The molecule has 2 aromatic heterocycles. The molecule has 1 aliphatic heterocycles. The Morgan fingerprint density at radius 2 is 1.56 bits per heavy atom. The summed E-state index contributed by atoms with van der Waals surface area (Å²) in [6, 6.07) is 17.6. The fourth-order valence-corrected chi connectivity index (χ4v) is 4.94. The molecule has 1 fully saturated rings. The third-order valence-electron chi connectivity index (χ3n) is 7.03. The third-order valence-corrected chi connectivity index (χ3v) is 7.03. The van der Waals surface area contributed by atoms with E-state index in [1.165, 1.54) is 0 Å². The lowest BCUT2D eigenvalue weighted by atomic mass is 10.1. The minimum absolute atomic E-state index is 0.175. The van der Waals surface area contributed by atoms with Gasteiger partial charge in [0.1, 0.15) is 11.2 Å². The van der Waals surface area contributed by atoms with Crippen LogP contribution in [0, 0.1) is 0 Å². The molecule has 4 aromatic rings. The topological polar surface area (TPSA) is 63.4 Å². The number of pyridine rings is 1. The highest BCUT2D eigenvalue weighted by molar-refractivity contribution is 5.91. The van der Waals surface area contributed by atoms with E-state index in [1.54, 1.807) is 10.6 Å². The molecular weight excluding hydrogens is 426 g/mol. The average molecular weight is 458 g/mol. The zero-order valence-electron chi connectivity index (χ0n) is 19.9. The second-order valence-corrected chi connectivity index (χ2v) is 9.03. The van der Waals surface area contributed by atoms with E-state index in [2.05, 4.69) is 28.9 Å². The summed E-state index contributed by atoms with van der Waals surface area (Å²) in [6.07, 6.45) is 0.707. The maximum absolute atomic E-state index is 13.8. The second kappa shape index (κ2) is 9.52. The van der Waals surface area contributed by atoms with Gasteiger partial charge in [-0.2, -0.15) is 0 Å². The Morgan fingerprint density at radius 3 is 2.29 bits per heavy atom. The molecule has 0 atom stereocenters. The predicted octanol–water partition coefficient (Wildman–Crippen LogP) is 2.63. The Balaban J connectivity index is 1.62. The molecule has 0 saturated carbocycles. The summed E-state index contributed by atoms with van der Waals surface area (Å²) in [5.41, 5.74) is 1.93. The number of rotatable bonds is 6. The van der Waals surface area contributed by atoms with Gasteiger partial charge >= 0.3 is 0 Å². The average Bonchev–Trinajstić information content (AvgIpc) is 2.88. The Kier molecular flexibility index (Phi) is 6.30. The largest absolute Gasteiger partial charge is 0.328 e. The van der Waals surface area contributed by atoms with Gasteiger partial charge in [0, 0.05) is 45.2 Å². The van der Waals surface area contributed by atoms with Crippen LogP contribution in [0.1, 0.15) is 18.3 Å². The Hall–Kier alpha value is -3.29. The van der Waals surface area contributed by atoms with Crippen molar-refractivity contribution < 1.29 is 0 Å². The Labute approximate surface area is 198 Å². The maximum Gasteiger partial charge on any atom is 0.267 e. The molecule has 0 amide bonds. The second-order valence-electron chi connectivity index (χ2n) is 9.03. The number of benzene rings is 2. The van der Waals surface area contributed by atoms with E-state index in [9.17, 15) is 9.59 Å². The van der Waals surface area contributed by atoms with E-state index in [0.29, 0.717) is 30.5 Å². The van der Waals surface area contributed by atoms with Gasteiger partial charge < -0.3 is 9.47 Å². The molecule has 5 rings (SSSR count). The van der Waals surface area contributed by atoms with Gasteiger partial charge in [-0.1, -0.05) is 49.4 Å². The van der Waals surface area contributed by atoms with Crippen LogP contribution in [0.4, 0.5) is 0 Å². The first-order chi connectivity index (χ1) is 16.6. The molecule has 0 bridgehead atoms. The van der Waals surface area contributed by atoms with Gasteiger partial charge in [0.15, 0.2) is 5.65 Å². The van der Waals surface area contributed by atoms with Crippen LogP contribution in [-0.4, -0.2) is 56.6 Å². The molecule has 0 N–H and O–H groups in total. The van der Waals surface area contributed by atoms with Crippen molar-refractivity contribution in [2.24, 2.45) is 7.05 Å². The fraction of sp³-hybridized carbons (Fsp3) is 0.370. The lowest BCUT2D eigenvalue weighted by Gasteiger charge is -2.34. The zero-order valence-corrected chi connectivity index (χ0v) is 19.9. The van der Waals surface area contributed by atoms with Gasteiger partial charge in [0.2, 0.25) is 5.43 Å². The van der Waals surface area contributed by atoms with Crippen molar-refractivity contribution in [3.63, 3.8) is 0 Å². The molecule has 3 heterocycles. The number of aromatic nitrogens is 3. The lowest BCUT2D eigenvalue weighted by molar-refractivity contribution is 0.128. The number of hydrogen-bond acceptors (Lipinski definition) is 5. The smallest absolute Gasteiger partial charge is 0.267 e. The van der Waals surface area contributed by atoms with Crippen LogP contribution in [0.3, 0.4) is 0 Å². The predicted molar refractivity (Wildman–Crippen MR) is 136 cm³/mol. The van der Waals surface area contributed by atoms with Crippen LogP contribution in [0.2, 0.25) is 0 Å². The highest BCUT2D eigenvalue weighted by Crippen LogP contribution is 2.16. The molecule has 0 spiro atoms. The molecule has 34 heavy (non-hydrogen) atoms. The van der Waals surface area contributed by atoms with Gasteiger partial charge in [0.25, 0.3) is 5.56 Å². The molecule has 0 radical (unpaired) electrons. The highest BCUT2D eigenvalue weighted by atomic mass is 16.1. The van der Waals surface area contributed by atoms with Crippen molar-refractivity contribution in [3.05, 3.63) is 86.6 Å². The minimum atomic E-state index is -0.241. The summed E-state index contributed by atoms with van der Waals surface area (Å²) in [4.78, 5) is 36.9. The van der Waals surface area contributed by atoms with Crippen LogP contribution >= 0.6 is 0 Å². The summed E-state index contributed by atoms with van der Waals surface area (Å²) >= 11 is 0. The standard InChI is InChI=1S/C27H31N5O2/c1-3-30-15-17-31(18-16-30)19-23-28-26-24(25(33)21-11-7-8-12-22(21)29(26)2)27(34)32(23)14-13-20-9-5-4-6-10-20/h4-12H,3,13-19H2,1-2H3. The first-order valence-electron chi connectivity index (χ1n) is 12.1. The van der Waals surface area contributed by atoms with E-state index in [4.69, 9.17) is 4.98 Å². The molecule has 7 nitrogen and oxygen atoms in total. The van der Waals surface area contributed by atoms with Crippen LogP contribution in [-0.2, 0) is 26.6 Å². The minimum Gasteiger partial charge on any atom is -0.328 e. The number of likely N-dealkylation sites (N-methyl/N-ethyl adjacent to an activating group) is 1. The van der Waals surface area contributed by atoms with Crippen LogP contribution in [0.15, 0.2) is 64.2 Å². The quantitative estimate of drug-likeness (QED) is 0.417. The summed E-state index contributed by atoms with van der Waals surface area (Å²) in [7, 11) is 1.88. The highest BCUT2D eigenvalue weighted by Gasteiger charge is 2.21. The van der Waals surface area contributed by atoms with Crippen LogP contribution < -0.4 is 11.0 Å². The van der Waals surface area contributed by atoms with E-state index < -0.39 is 0 Å². The van der Waals surface area contributed by atoms with Crippen molar-refractivity contribution in [1.29, 1.82) is 0 Å². The molecule has 0 unspecified atom stereocenters. The summed E-state index contributed by atoms with van der Waals surface area (Å²) < 4.78 is 3.62. The maximum atomic E-state index is 13.8. The van der Waals surface area contributed by atoms with Crippen molar-refractivity contribution >= 4 is 21.9 Å². The Bertz CT molecular complexity index is 1430. The number of fused-ring (bicyclic) bond motifs is 2. The molecule has 7 heteroatoms. The first kappa shape index (κ1) is 22.5. The molecule has 2 aromatic carbocycles. The van der Waals surface area contributed by atoms with Gasteiger partial charge in [0.05, 0.1) is 12.1 Å². The molecule has 176 valence electrons. The number of nitrogens with zero attached hydrogens (tertiary/aromatic N) is 5. The van der Waals surface area contributed by atoms with Crippen LogP contribution in [0.25, 0.3) is 21.9 Å². The summed E-state index contributed by atoms with van der Waals surface area (Å²) in [5, 5.41) is 0.725. The number of para-hydroxylation sites is 1. The lowest BCUT2D eigenvalue weighted by Crippen LogP contribution is -2.46. The Morgan fingerprint density at radius 1 is 0.882 bits per heavy atom. The van der Waals surface area contributed by atoms with Crippen LogP contribution in [0.5, 0.6) is 0 Å². The molecule has 0 aliphatic carbocycles. The number of aryl methyl sites for hydroxylation is 2. The molecule has 1 saturated heterocycles. The van der Waals surface area contributed by atoms with Crippen molar-refractivity contribution in [3.8, 4) is 0 Å². The fourth-order valence-electron chi connectivity index (χ4n) is 4.94. The molecule has 1 aliphatic rings. The van der Waals surface area contributed by atoms with Gasteiger partial charge in [-0.25, -0.2) is 4.98 Å². The van der Waals surface area contributed by atoms with E-state index in [1.807, 2.05) is 48.0 Å². The zero-order chi connectivity index (χ0) is 23.7. The van der Waals surface area contributed by atoms with Crippen molar-refractivity contribution in [2.45, 2.75) is 26.4 Å². The SMILES string of the molecule is CCN1CCN(Cc2nc3c(c(=O)c4ccccc4n3C)c(=O)n2CCc2ccccc2)CC1. The van der Waals surface area contributed by atoms with Gasteiger partial charge in [-0.05, 0) is 30.7 Å². The van der Waals surface area contributed by atoms with Gasteiger partial charge in [-0.15, -0.1) is 0 Å². The van der Waals surface area contributed by atoms with Crippen molar-refractivity contribution in [1.82, 2.24) is 23.9 Å². The summed E-state index contributed by atoms with van der Waals surface area (Å²) in [5.74, 6) is 0.726. The first-order valence-corrected chi connectivity index (χ1v) is 12.1. The monoisotopic (exact) mass is 457 g/mol. The summed E-state index contributed by atoms with van der Waals surface area (Å²) in [6.45, 7) is 8.24. The van der Waals surface area contributed by atoms with Gasteiger partial charge in [-0.3, -0.25) is 19.1 Å². The normalized spacial score (nSPS) is 15.4. The number of hydrogen-bond donors (Lipinski definition) is 0. The van der Waals surface area contributed by atoms with E-state index in [0.717, 1.165) is 49.6 Å². The molecular formula is C27H31N5O2. The third kappa shape index (κ3) is 4.17. The van der Waals surface area contributed by atoms with Crippen molar-refractivity contribution in [2.75, 3.05) is 32.7 Å².